The lowest BCUT2D eigenvalue weighted by Crippen LogP contribution is -2.22. The summed E-state index contributed by atoms with van der Waals surface area (Å²) in [5.41, 5.74) is 1.38. The van der Waals surface area contributed by atoms with Crippen LogP contribution in [0.3, 0.4) is 0 Å². The Morgan fingerprint density at radius 2 is 1.90 bits per heavy atom. The molecule has 1 amide bonds. The third kappa shape index (κ3) is 5.08. The van der Waals surface area contributed by atoms with Crippen molar-refractivity contribution in [3.8, 4) is 11.4 Å². The highest BCUT2D eigenvalue weighted by atomic mass is 35.5. The van der Waals surface area contributed by atoms with Crippen LogP contribution in [-0.4, -0.2) is 46.6 Å². The number of hydrogen-bond acceptors (Lipinski definition) is 6. The van der Waals surface area contributed by atoms with Gasteiger partial charge in [0.25, 0.3) is 0 Å². The predicted octanol–water partition coefficient (Wildman–Crippen LogP) is 4.91. The average Bonchev–Trinajstić information content (AvgIpc) is 3.42. The van der Waals surface area contributed by atoms with E-state index in [1.54, 1.807) is 25.3 Å². The molecule has 0 unspecified atom stereocenters. The maximum Gasteiger partial charge on any atom is 0.234 e. The summed E-state index contributed by atoms with van der Waals surface area (Å²) >= 11 is 13.6. The Morgan fingerprint density at radius 3 is 2.65 bits per heavy atom. The van der Waals surface area contributed by atoms with Gasteiger partial charge in [0.1, 0.15) is 5.75 Å². The molecular weight excluding hydrogens is 457 g/mol. The second-order valence-electron chi connectivity index (χ2n) is 6.97. The van der Waals surface area contributed by atoms with Crippen molar-refractivity contribution in [3.63, 3.8) is 0 Å². The lowest BCUT2D eigenvalue weighted by molar-refractivity contribution is -0.113. The molecule has 0 bridgehead atoms. The van der Waals surface area contributed by atoms with Crippen LogP contribution in [0.15, 0.2) is 47.6 Å². The Bertz CT molecular complexity index is 1090. The molecule has 162 valence electrons. The second kappa shape index (κ2) is 9.80. The van der Waals surface area contributed by atoms with Crippen molar-refractivity contribution in [2.75, 3.05) is 36.2 Å². The first kappa shape index (κ1) is 21.8. The van der Waals surface area contributed by atoms with Crippen LogP contribution in [0.5, 0.6) is 5.75 Å². The van der Waals surface area contributed by atoms with Gasteiger partial charge in [-0.2, -0.15) is 0 Å². The number of benzene rings is 2. The van der Waals surface area contributed by atoms with Crippen molar-refractivity contribution in [2.24, 2.45) is 0 Å². The molecule has 0 spiro atoms. The number of ether oxygens (including phenoxy) is 1. The number of methoxy groups -OCH3 is 1. The molecule has 2 heterocycles. The van der Waals surface area contributed by atoms with Crippen LogP contribution in [0.4, 0.5) is 11.6 Å². The van der Waals surface area contributed by atoms with Crippen LogP contribution in [0.25, 0.3) is 5.69 Å². The minimum Gasteiger partial charge on any atom is -0.495 e. The van der Waals surface area contributed by atoms with Gasteiger partial charge in [-0.15, -0.1) is 10.2 Å². The third-order valence-corrected chi connectivity index (χ3v) is 6.24. The number of rotatable bonds is 7. The first-order valence-corrected chi connectivity index (χ1v) is 11.5. The smallest absolute Gasteiger partial charge is 0.234 e. The molecule has 0 atom stereocenters. The number of aromatic nitrogens is 3. The lowest BCUT2D eigenvalue weighted by Gasteiger charge is -2.18. The van der Waals surface area contributed by atoms with Gasteiger partial charge in [-0.05, 0) is 49.2 Å². The highest BCUT2D eigenvalue weighted by Gasteiger charge is 2.23. The van der Waals surface area contributed by atoms with Gasteiger partial charge < -0.3 is 15.0 Å². The Morgan fingerprint density at radius 1 is 1.13 bits per heavy atom. The molecule has 31 heavy (non-hydrogen) atoms. The molecule has 4 rings (SSSR count). The van der Waals surface area contributed by atoms with Crippen LogP contribution in [0, 0.1) is 0 Å². The number of nitrogens with zero attached hydrogens (tertiary/aromatic N) is 4. The van der Waals surface area contributed by atoms with Crippen LogP contribution in [0.2, 0.25) is 10.0 Å². The van der Waals surface area contributed by atoms with Gasteiger partial charge in [0.15, 0.2) is 5.16 Å². The molecule has 0 radical (unpaired) electrons. The van der Waals surface area contributed by atoms with Crippen LogP contribution in [-0.2, 0) is 4.79 Å². The molecule has 1 aromatic heterocycles. The molecule has 0 saturated carbocycles. The van der Waals surface area contributed by atoms with Crippen molar-refractivity contribution in [1.82, 2.24) is 14.8 Å². The molecule has 10 heteroatoms. The lowest BCUT2D eigenvalue weighted by atomic mass is 10.3. The summed E-state index contributed by atoms with van der Waals surface area (Å²) in [4.78, 5) is 14.8. The predicted molar refractivity (Wildman–Crippen MR) is 125 cm³/mol. The van der Waals surface area contributed by atoms with Crippen molar-refractivity contribution < 1.29 is 9.53 Å². The molecule has 3 aromatic rings. The van der Waals surface area contributed by atoms with E-state index in [-0.39, 0.29) is 11.7 Å². The zero-order valence-corrected chi connectivity index (χ0v) is 19.2. The zero-order chi connectivity index (χ0) is 21.8. The summed E-state index contributed by atoms with van der Waals surface area (Å²) in [5.74, 6) is 1.25. The third-order valence-electron chi connectivity index (χ3n) is 4.84. The van der Waals surface area contributed by atoms with E-state index in [2.05, 4.69) is 20.4 Å². The summed E-state index contributed by atoms with van der Waals surface area (Å²) in [6, 6.07) is 12.6. The van der Waals surface area contributed by atoms with Gasteiger partial charge in [-0.1, -0.05) is 41.0 Å². The first-order valence-electron chi connectivity index (χ1n) is 9.77. The Hall–Kier alpha value is -2.42. The Kier molecular flexibility index (Phi) is 6.89. The Labute approximate surface area is 194 Å². The normalized spacial score (nSPS) is 13.5. The number of carbonyl (C=O) groups excluding carboxylic acids is 1. The number of nitrogens with one attached hydrogen (secondary N) is 1. The standard InChI is InChI=1S/C21H21Cl2N5O2S/c1-30-18-8-7-15(23)12-17(18)24-19(29)13-31-21-26-25-20(27-9-2-3-10-27)28(21)16-6-4-5-14(22)11-16/h4-8,11-12H,2-3,9-10,13H2,1H3,(H,24,29). The molecule has 2 aromatic carbocycles. The summed E-state index contributed by atoms with van der Waals surface area (Å²) < 4.78 is 7.24. The monoisotopic (exact) mass is 477 g/mol. The van der Waals surface area contributed by atoms with Crippen LogP contribution >= 0.6 is 35.0 Å². The summed E-state index contributed by atoms with van der Waals surface area (Å²) in [5, 5.41) is 13.4. The van der Waals surface area contributed by atoms with Crippen LogP contribution < -0.4 is 15.0 Å². The van der Waals surface area contributed by atoms with Gasteiger partial charge in [0.2, 0.25) is 11.9 Å². The highest BCUT2D eigenvalue weighted by molar-refractivity contribution is 7.99. The Balaban J connectivity index is 1.54. The molecular formula is C21H21Cl2N5O2S. The molecule has 1 saturated heterocycles. The van der Waals surface area contributed by atoms with Gasteiger partial charge in [-0.3, -0.25) is 9.36 Å². The second-order valence-corrected chi connectivity index (χ2v) is 8.79. The van der Waals surface area contributed by atoms with Crippen molar-refractivity contribution >= 4 is 52.5 Å². The number of amides is 1. The zero-order valence-electron chi connectivity index (χ0n) is 16.8. The summed E-state index contributed by atoms with van der Waals surface area (Å²) in [7, 11) is 1.54. The number of halogens is 2. The largest absolute Gasteiger partial charge is 0.495 e. The molecule has 1 N–H and O–H groups in total. The van der Waals surface area contributed by atoms with E-state index >= 15 is 0 Å². The van der Waals surface area contributed by atoms with Crippen LogP contribution in [0.1, 0.15) is 12.8 Å². The van der Waals surface area contributed by atoms with E-state index in [1.165, 1.54) is 11.8 Å². The van der Waals surface area contributed by atoms with Crippen molar-refractivity contribution in [2.45, 2.75) is 18.0 Å². The maximum atomic E-state index is 12.6. The molecule has 1 aliphatic heterocycles. The van der Waals surface area contributed by atoms with E-state index in [0.29, 0.717) is 26.6 Å². The van der Waals surface area contributed by atoms with E-state index in [1.807, 2.05) is 28.8 Å². The topological polar surface area (TPSA) is 72.3 Å². The average molecular weight is 478 g/mol. The molecule has 1 fully saturated rings. The van der Waals surface area contributed by atoms with E-state index < -0.39 is 0 Å². The SMILES string of the molecule is COc1ccc(Cl)cc1NC(=O)CSc1nnc(N2CCCC2)n1-c1cccc(Cl)c1. The van der Waals surface area contributed by atoms with Crippen molar-refractivity contribution in [3.05, 3.63) is 52.5 Å². The minimum absolute atomic E-state index is 0.147. The molecule has 0 aliphatic carbocycles. The number of hydrogen-bond donors (Lipinski definition) is 1. The number of anilines is 2. The van der Waals surface area contributed by atoms with Gasteiger partial charge in [0, 0.05) is 23.1 Å². The summed E-state index contributed by atoms with van der Waals surface area (Å²) in [6.45, 7) is 1.86. The minimum atomic E-state index is -0.200. The number of thioether (sulfide) groups is 1. The quantitative estimate of drug-likeness (QED) is 0.487. The molecule has 1 aliphatic rings. The molecule has 7 nitrogen and oxygen atoms in total. The summed E-state index contributed by atoms with van der Waals surface area (Å²) in [6.07, 6.45) is 2.24. The fourth-order valence-electron chi connectivity index (χ4n) is 3.41. The fraction of sp³-hybridized carbons (Fsp3) is 0.286. The van der Waals surface area contributed by atoms with E-state index in [0.717, 1.165) is 37.6 Å². The maximum absolute atomic E-state index is 12.6. The number of carbonyl (C=O) groups is 1. The van der Waals surface area contributed by atoms with Crippen molar-refractivity contribution in [1.29, 1.82) is 0 Å². The highest BCUT2D eigenvalue weighted by Crippen LogP contribution is 2.31. The van der Waals surface area contributed by atoms with Gasteiger partial charge in [-0.25, -0.2) is 0 Å². The van der Waals surface area contributed by atoms with Gasteiger partial charge in [0.05, 0.1) is 24.2 Å². The van der Waals surface area contributed by atoms with E-state index in [4.69, 9.17) is 27.9 Å². The first-order chi connectivity index (χ1) is 15.0. The van der Waals surface area contributed by atoms with Gasteiger partial charge >= 0.3 is 0 Å². The van der Waals surface area contributed by atoms with E-state index in [9.17, 15) is 4.79 Å². The fourth-order valence-corrected chi connectivity index (χ4v) is 4.52.